The first kappa shape index (κ1) is 22.0. The Bertz CT molecular complexity index is 853. The number of ether oxygens (including phenoxy) is 2. The average molecular weight is 389 g/mol. The van der Waals surface area contributed by atoms with Gasteiger partial charge in [0.25, 0.3) is 0 Å². The number of phenols is 1. The van der Waals surface area contributed by atoms with Gasteiger partial charge in [-0.3, -0.25) is 0 Å². The third kappa shape index (κ3) is 8.08. The highest BCUT2D eigenvalue weighted by molar-refractivity contribution is 5.48. The molecule has 1 unspecified atom stereocenters. The third-order valence-corrected chi connectivity index (χ3v) is 4.12. The fraction of sp³-hybridized carbons (Fsp3) is 0.154. The van der Waals surface area contributed by atoms with Crippen LogP contribution >= 0.6 is 0 Å². The van der Waals surface area contributed by atoms with Crippen molar-refractivity contribution in [3.8, 4) is 11.5 Å². The first-order valence-electron chi connectivity index (χ1n) is 9.60. The molecule has 0 aliphatic heterocycles. The zero-order valence-corrected chi connectivity index (χ0v) is 16.8. The Kier molecular flexibility index (Phi) is 9.26. The molecule has 0 saturated carbocycles. The van der Waals surface area contributed by atoms with Crippen molar-refractivity contribution in [2.45, 2.75) is 26.2 Å². The van der Waals surface area contributed by atoms with Gasteiger partial charge in [-0.2, -0.15) is 0 Å². The molecule has 3 aromatic rings. The second-order valence-electron chi connectivity index (χ2n) is 6.32. The smallest absolute Gasteiger partial charge is 0.199 e. The molecule has 3 aromatic carbocycles. The van der Waals surface area contributed by atoms with Crippen LogP contribution in [-0.2, 0) is 11.3 Å². The van der Waals surface area contributed by atoms with Crippen LogP contribution < -0.4 is 4.74 Å². The second kappa shape index (κ2) is 12.2. The molecule has 0 aliphatic rings. The number of aromatic hydroxyl groups is 1. The Balaban J connectivity index is 0.000000278. The summed E-state index contributed by atoms with van der Waals surface area (Å²) in [7, 11) is 0. The predicted molar refractivity (Wildman–Crippen MR) is 121 cm³/mol. The van der Waals surface area contributed by atoms with Gasteiger partial charge in [0.05, 0.1) is 6.61 Å². The van der Waals surface area contributed by atoms with E-state index in [1.54, 1.807) is 18.2 Å². The van der Waals surface area contributed by atoms with E-state index in [0.29, 0.717) is 12.4 Å². The molecule has 3 rings (SSSR count). The van der Waals surface area contributed by atoms with E-state index in [-0.39, 0.29) is 6.29 Å². The molecule has 0 fully saturated rings. The van der Waals surface area contributed by atoms with Crippen molar-refractivity contribution < 1.29 is 14.6 Å². The zero-order chi connectivity index (χ0) is 20.9. The van der Waals surface area contributed by atoms with Gasteiger partial charge in [0.2, 0.25) is 0 Å². The average Bonchev–Trinajstić information content (AvgIpc) is 2.78. The molecule has 3 heteroatoms. The normalized spacial score (nSPS) is 10.9. The standard InChI is InChI=1S/C18H20O2.C8H8O/c1-3-15-10-12-17(13-11-15)20-18(4-2)19-14-16-8-6-5-7-9-16;1-2-7-3-5-8(9)6-4-7/h3,5-13,18H,1,4,14H2,2H3;2-6,9H,1H2. The van der Waals surface area contributed by atoms with Gasteiger partial charge in [0.1, 0.15) is 11.5 Å². The Labute approximate surface area is 173 Å². The van der Waals surface area contributed by atoms with E-state index >= 15 is 0 Å². The number of rotatable bonds is 8. The molecule has 150 valence electrons. The van der Waals surface area contributed by atoms with Crippen LogP contribution in [0.4, 0.5) is 0 Å². The molecular formula is C26H28O3. The molecule has 0 spiro atoms. The summed E-state index contributed by atoms with van der Waals surface area (Å²) in [4.78, 5) is 0. The first-order chi connectivity index (χ1) is 14.1. The van der Waals surface area contributed by atoms with Gasteiger partial charge in [-0.1, -0.05) is 86.8 Å². The lowest BCUT2D eigenvalue weighted by atomic mass is 10.2. The Morgan fingerprint density at radius 2 is 1.38 bits per heavy atom. The molecule has 0 aliphatic carbocycles. The minimum Gasteiger partial charge on any atom is -0.508 e. The second-order valence-corrected chi connectivity index (χ2v) is 6.32. The summed E-state index contributed by atoms with van der Waals surface area (Å²) in [6, 6.07) is 24.8. The maximum Gasteiger partial charge on any atom is 0.199 e. The van der Waals surface area contributed by atoms with Crippen molar-refractivity contribution in [3.63, 3.8) is 0 Å². The van der Waals surface area contributed by atoms with Crippen molar-refractivity contribution in [2.75, 3.05) is 0 Å². The molecule has 29 heavy (non-hydrogen) atoms. The van der Waals surface area contributed by atoms with Crippen LogP contribution in [0.5, 0.6) is 11.5 Å². The van der Waals surface area contributed by atoms with Crippen LogP contribution in [0.25, 0.3) is 12.2 Å². The summed E-state index contributed by atoms with van der Waals surface area (Å²) < 4.78 is 11.6. The number of phenolic OH excluding ortho intramolecular Hbond substituents is 1. The van der Waals surface area contributed by atoms with Crippen LogP contribution in [-0.4, -0.2) is 11.4 Å². The molecule has 1 atom stereocenters. The van der Waals surface area contributed by atoms with E-state index in [0.717, 1.165) is 28.9 Å². The maximum absolute atomic E-state index is 8.82. The monoisotopic (exact) mass is 388 g/mol. The van der Waals surface area contributed by atoms with Gasteiger partial charge in [-0.25, -0.2) is 0 Å². The van der Waals surface area contributed by atoms with Crippen LogP contribution in [0.15, 0.2) is 92.0 Å². The number of hydrogen-bond donors (Lipinski definition) is 1. The highest BCUT2D eigenvalue weighted by Gasteiger charge is 2.08. The van der Waals surface area contributed by atoms with Gasteiger partial charge in [0.15, 0.2) is 6.29 Å². The van der Waals surface area contributed by atoms with Crippen LogP contribution in [0.3, 0.4) is 0 Å². The highest BCUT2D eigenvalue weighted by Crippen LogP contribution is 2.17. The molecule has 0 bridgehead atoms. The summed E-state index contributed by atoms with van der Waals surface area (Å²) >= 11 is 0. The van der Waals surface area contributed by atoms with Gasteiger partial charge >= 0.3 is 0 Å². The van der Waals surface area contributed by atoms with Crippen molar-refractivity contribution >= 4 is 12.2 Å². The summed E-state index contributed by atoms with van der Waals surface area (Å²) in [6.07, 6.45) is 4.12. The molecule has 0 aromatic heterocycles. The number of hydrogen-bond acceptors (Lipinski definition) is 3. The molecule has 0 saturated heterocycles. The minimum absolute atomic E-state index is 0.232. The van der Waals surface area contributed by atoms with Crippen molar-refractivity contribution in [3.05, 3.63) is 109 Å². The van der Waals surface area contributed by atoms with Crippen LogP contribution in [0, 0.1) is 0 Å². The SMILES string of the molecule is C=Cc1ccc(O)cc1.C=Cc1ccc(OC(CC)OCc2ccccc2)cc1. The minimum atomic E-state index is -0.232. The molecule has 0 amide bonds. The molecule has 3 nitrogen and oxygen atoms in total. The van der Waals surface area contributed by atoms with Gasteiger partial charge in [0, 0.05) is 6.42 Å². The molecule has 0 heterocycles. The van der Waals surface area contributed by atoms with Gasteiger partial charge < -0.3 is 14.6 Å². The van der Waals surface area contributed by atoms with E-state index in [1.165, 1.54) is 0 Å². The largest absolute Gasteiger partial charge is 0.508 e. The predicted octanol–water partition coefficient (Wildman–Crippen LogP) is 6.70. The third-order valence-electron chi connectivity index (χ3n) is 4.12. The lowest BCUT2D eigenvalue weighted by molar-refractivity contribution is -0.0905. The van der Waals surface area contributed by atoms with E-state index < -0.39 is 0 Å². The van der Waals surface area contributed by atoms with Crippen LogP contribution in [0.1, 0.15) is 30.0 Å². The fourth-order valence-corrected chi connectivity index (χ4v) is 2.44. The van der Waals surface area contributed by atoms with Crippen molar-refractivity contribution in [1.82, 2.24) is 0 Å². The maximum atomic E-state index is 8.82. The van der Waals surface area contributed by atoms with E-state index in [1.807, 2.05) is 79.7 Å². The Morgan fingerprint density at radius 1 is 0.828 bits per heavy atom. The van der Waals surface area contributed by atoms with Gasteiger partial charge in [-0.15, -0.1) is 0 Å². The van der Waals surface area contributed by atoms with Crippen molar-refractivity contribution in [2.24, 2.45) is 0 Å². The zero-order valence-electron chi connectivity index (χ0n) is 16.8. The highest BCUT2D eigenvalue weighted by atomic mass is 16.7. The fourth-order valence-electron chi connectivity index (χ4n) is 2.44. The number of benzene rings is 3. The van der Waals surface area contributed by atoms with E-state index in [4.69, 9.17) is 14.6 Å². The van der Waals surface area contributed by atoms with E-state index in [9.17, 15) is 0 Å². The van der Waals surface area contributed by atoms with E-state index in [2.05, 4.69) is 13.2 Å². The Morgan fingerprint density at radius 3 is 1.90 bits per heavy atom. The van der Waals surface area contributed by atoms with Crippen LogP contribution in [0.2, 0.25) is 0 Å². The lowest BCUT2D eigenvalue weighted by Crippen LogP contribution is -2.19. The molecule has 1 N–H and O–H groups in total. The summed E-state index contributed by atoms with van der Waals surface area (Å²) in [5.41, 5.74) is 3.25. The quantitative estimate of drug-likeness (QED) is 0.437. The summed E-state index contributed by atoms with van der Waals surface area (Å²) in [6.45, 7) is 9.92. The first-order valence-corrected chi connectivity index (χ1v) is 9.60. The van der Waals surface area contributed by atoms with Gasteiger partial charge in [-0.05, 0) is 41.0 Å². The molecule has 0 radical (unpaired) electrons. The topological polar surface area (TPSA) is 38.7 Å². The Hall–Kier alpha value is -3.30. The van der Waals surface area contributed by atoms with Crippen molar-refractivity contribution in [1.29, 1.82) is 0 Å². The summed E-state index contributed by atoms with van der Waals surface area (Å²) in [5.74, 6) is 1.11. The molecular weight excluding hydrogens is 360 g/mol. The lowest BCUT2D eigenvalue weighted by Gasteiger charge is -2.18. The summed E-state index contributed by atoms with van der Waals surface area (Å²) in [5, 5.41) is 8.82.